The zero-order valence-electron chi connectivity index (χ0n) is 25.1. The molecule has 8 aliphatic rings. The fourth-order valence-electron chi connectivity index (χ4n) is 9.64. The van der Waals surface area contributed by atoms with Crippen molar-refractivity contribution in [1.82, 2.24) is 0 Å². The number of rotatable bonds is 3. The topological polar surface area (TPSA) is 9.23 Å². The minimum atomic E-state index is 0.169. The minimum Gasteiger partial charge on any atom is -0.489 e. The molecule has 0 aromatic heterocycles. The molecule has 0 bridgehead atoms. The largest absolute Gasteiger partial charge is 0.489 e. The number of benzene rings is 1. The lowest BCUT2D eigenvalue weighted by Crippen LogP contribution is -2.41. The van der Waals surface area contributed by atoms with Crippen LogP contribution >= 0.6 is 0 Å². The van der Waals surface area contributed by atoms with Crippen LogP contribution in [0.25, 0.3) is 18.2 Å². The van der Waals surface area contributed by atoms with E-state index in [4.69, 9.17) is 4.74 Å². The normalized spacial score (nSPS) is 34.3. The Balaban J connectivity index is 1.20. The summed E-state index contributed by atoms with van der Waals surface area (Å²) >= 11 is 0. The monoisotopic (exact) mass is 562 g/mol. The molecule has 216 valence electrons. The second-order valence-corrected chi connectivity index (χ2v) is 13.8. The molecule has 43 heavy (non-hydrogen) atoms. The van der Waals surface area contributed by atoms with Gasteiger partial charge in [-0.1, -0.05) is 97.2 Å². The van der Waals surface area contributed by atoms with Gasteiger partial charge in [-0.2, -0.15) is 0 Å². The van der Waals surface area contributed by atoms with Gasteiger partial charge in [0.15, 0.2) is 0 Å². The maximum absolute atomic E-state index is 6.90. The first kappa shape index (κ1) is 25.9. The van der Waals surface area contributed by atoms with Crippen molar-refractivity contribution in [1.29, 1.82) is 0 Å². The molecular weight excluding hydrogens is 520 g/mol. The number of hydrogen-bond donors (Lipinski definition) is 0. The zero-order chi connectivity index (χ0) is 28.3. The number of fused-ring (bicyclic) bond motifs is 6. The lowest BCUT2D eigenvalue weighted by atomic mass is 9.64. The van der Waals surface area contributed by atoms with Crippen molar-refractivity contribution in [2.24, 2.45) is 23.7 Å². The van der Waals surface area contributed by atoms with Gasteiger partial charge in [0, 0.05) is 29.6 Å². The molecule has 7 atom stereocenters. The Bertz CT molecular complexity index is 1760. The third kappa shape index (κ3) is 4.18. The van der Waals surface area contributed by atoms with Crippen LogP contribution in [-0.2, 0) is 11.2 Å². The Morgan fingerprint density at radius 3 is 2.42 bits per heavy atom. The van der Waals surface area contributed by atoms with Gasteiger partial charge in [-0.3, -0.25) is 0 Å². The number of allylic oxidation sites excluding steroid dienone is 14. The molecular formula is C42H42O. The van der Waals surface area contributed by atoms with Gasteiger partial charge in [-0.25, -0.2) is 0 Å². The van der Waals surface area contributed by atoms with Crippen molar-refractivity contribution in [2.45, 2.75) is 75.7 Å². The highest BCUT2D eigenvalue weighted by molar-refractivity contribution is 5.68. The van der Waals surface area contributed by atoms with Crippen LogP contribution < -0.4 is 10.4 Å². The lowest BCUT2D eigenvalue weighted by molar-refractivity contribution is 0.122. The van der Waals surface area contributed by atoms with E-state index in [1.807, 2.05) is 0 Å². The summed E-state index contributed by atoms with van der Waals surface area (Å²) in [7, 11) is 0. The van der Waals surface area contributed by atoms with Crippen molar-refractivity contribution in [3.63, 3.8) is 0 Å². The van der Waals surface area contributed by atoms with Crippen LogP contribution in [0.3, 0.4) is 0 Å². The molecule has 0 saturated carbocycles. The van der Waals surface area contributed by atoms with E-state index in [2.05, 4.69) is 103 Å². The SMILES string of the molecule is C1=CCC(C2=CCC(c3c4c(c(C5CC6C=CCCC6C6=C5C5C=CC=CC5O6)c5c3=CCCC=5)C=CCC4)C=C2)C=C1. The molecule has 0 saturated heterocycles. The second kappa shape index (κ2) is 10.5. The van der Waals surface area contributed by atoms with Gasteiger partial charge in [0.25, 0.3) is 0 Å². The first-order chi connectivity index (χ1) is 21.3. The first-order valence-electron chi connectivity index (χ1n) is 17.0. The standard InChI is InChI=1S/C42H42O/c1-2-12-27(13-3-1)28-22-24-29(25-23-28)39-32-16-6-8-18-34(32)40(35-19-9-7-17-33(35)39)37-26-30-14-4-5-15-31(30)42-41(37)36-20-10-11-21-38(36)43-42/h1-4,8,10-12,14,17-24,27,29-31,36-38H,5-7,9,13,15-16,25-26H2. The van der Waals surface area contributed by atoms with Gasteiger partial charge >= 0.3 is 0 Å². The fraction of sp³-hybridized carbons (Fsp3) is 0.381. The summed E-state index contributed by atoms with van der Waals surface area (Å²) < 4.78 is 6.90. The van der Waals surface area contributed by atoms with E-state index in [-0.39, 0.29) is 6.10 Å². The Labute approximate surface area is 256 Å². The summed E-state index contributed by atoms with van der Waals surface area (Å²) in [6.07, 6.45) is 51.6. The van der Waals surface area contributed by atoms with Crippen LogP contribution in [0, 0.1) is 23.7 Å². The van der Waals surface area contributed by atoms with E-state index in [0.717, 1.165) is 38.5 Å². The van der Waals surface area contributed by atoms with Crippen LogP contribution in [-0.4, -0.2) is 6.10 Å². The Morgan fingerprint density at radius 1 is 0.674 bits per heavy atom. The molecule has 9 rings (SSSR count). The highest BCUT2D eigenvalue weighted by atomic mass is 16.5. The van der Waals surface area contributed by atoms with Crippen LogP contribution in [0.15, 0.2) is 102 Å². The third-order valence-corrected chi connectivity index (χ3v) is 11.5. The molecule has 1 heterocycles. The maximum atomic E-state index is 6.90. The Hall–Kier alpha value is -3.58. The molecule has 1 aliphatic heterocycles. The van der Waals surface area contributed by atoms with Gasteiger partial charge in [0.05, 0.1) is 0 Å². The molecule has 0 fully saturated rings. The molecule has 0 radical (unpaired) electrons. The Kier molecular flexibility index (Phi) is 6.35. The number of ether oxygens (including phenoxy) is 1. The summed E-state index contributed by atoms with van der Waals surface area (Å²) in [6.45, 7) is 0. The van der Waals surface area contributed by atoms with E-state index < -0.39 is 0 Å². The van der Waals surface area contributed by atoms with Gasteiger partial charge in [0.1, 0.15) is 11.9 Å². The molecule has 7 aliphatic carbocycles. The Morgan fingerprint density at radius 2 is 1.56 bits per heavy atom. The highest BCUT2D eigenvalue weighted by Gasteiger charge is 2.48. The van der Waals surface area contributed by atoms with Crippen LogP contribution in [0.5, 0.6) is 0 Å². The summed E-state index contributed by atoms with van der Waals surface area (Å²) in [5, 5.41) is 3.10. The molecule has 0 spiro atoms. The summed E-state index contributed by atoms with van der Waals surface area (Å²) in [5.41, 5.74) is 9.52. The highest BCUT2D eigenvalue weighted by Crippen LogP contribution is 2.55. The van der Waals surface area contributed by atoms with Crippen molar-refractivity contribution in [2.75, 3.05) is 0 Å². The van der Waals surface area contributed by atoms with Gasteiger partial charge in [-0.05, 0) is 114 Å². The molecule has 1 heteroatoms. The van der Waals surface area contributed by atoms with Gasteiger partial charge < -0.3 is 4.74 Å². The predicted octanol–water partition coefficient (Wildman–Crippen LogP) is 8.57. The average molecular weight is 563 g/mol. The van der Waals surface area contributed by atoms with Crippen molar-refractivity contribution in [3.8, 4) is 0 Å². The number of hydrogen-bond acceptors (Lipinski definition) is 1. The maximum Gasteiger partial charge on any atom is 0.127 e. The van der Waals surface area contributed by atoms with Crippen LogP contribution in [0.2, 0.25) is 0 Å². The fourth-order valence-corrected chi connectivity index (χ4v) is 9.64. The van der Waals surface area contributed by atoms with Crippen LogP contribution in [0.4, 0.5) is 0 Å². The molecule has 0 amide bonds. The van der Waals surface area contributed by atoms with E-state index in [9.17, 15) is 0 Å². The quantitative estimate of drug-likeness (QED) is 0.335. The molecule has 0 N–H and O–H groups in total. The molecule has 1 nitrogen and oxygen atoms in total. The smallest absolute Gasteiger partial charge is 0.127 e. The molecule has 1 aromatic carbocycles. The minimum absolute atomic E-state index is 0.169. The second-order valence-electron chi connectivity index (χ2n) is 13.8. The van der Waals surface area contributed by atoms with E-state index in [1.165, 1.54) is 30.6 Å². The molecule has 7 unspecified atom stereocenters. The van der Waals surface area contributed by atoms with Crippen molar-refractivity contribution >= 4 is 18.2 Å². The summed E-state index contributed by atoms with van der Waals surface area (Å²) in [6, 6.07) is 0. The lowest BCUT2D eigenvalue weighted by Gasteiger charge is -2.39. The van der Waals surface area contributed by atoms with Crippen molar-refractivity contribution in [3.05, 3.63) is 135 Å². The average Bonchev–Trinajstić information content (AvgIpc) is 3.48. The van der Waals surface area contributed by atoms with Crippen molar-refractivity contribution < 1.29 is 4.74 Å². The summed E-state index contributed by atoms with van der Waals surface area (Å²) in [4.78, 5) is 0. The summed E-state index contributed by atoms with van der Waals surface area (Å²) in [5.74, 6) is 4.23. The van der Waals surface area contributed by atoms with Gasteiger partial charge in [-0.15, -0.1) is 0 Å². The predicted molar refractivity (Wildman–Crippen MR) is 179 cm³/mol. The van der Waals surface area contributed by atoms with E-state index in [1.54, 1.807) is 38.3 Å². The van der Waals surface area contributed by atoms with Gasteiger partial charge in [0.2, 0.25) is 0 Å². The first-order valence-corrected chi connectivity index (χ1v) is 17.0. The third-order valence-electron chi connectivity index (χ3n) is 11.5. The van der Waals surface area contributed by atoms with E-state index in [0.29, 0.717) is 35.5 Å². The molecule has 1 aromatic rings. The van der Waals surface area contributed by atoms with E-state index >= 15 is 0 Å². The zero-order valence-corrected chi connectivity index (χ0v) is 25.1. The van der Waals surface area contributed by atoms with Crippen LogP contribution in [0.1, 0.15) is 85.5 Å².